The van der Waals surface area contributed by atoms with E-state index in [1.54, 1.807) is 0 Å². The SMILES string of the molecule is Cc1ccc(N2C(C)CNCC2CN(C)C)c(Br)c1. The number of likely N-dealkylation sites (N-methyl/N-ethyl adjacent to an activating group) is 1. The number of halogens is 1. The van der Waals surface area contributed by atoms with Gasteiger partial charge in [-0.3, -0.25) is 0 Å². The molecular weight excluding hydrogens is 302 g/mol. The molecule has 0 saturated carbocycles. The molecule has 1 fully saturated rings. The lowest BCUT2D eigenvalue weighted by Crippen LogP contribution is -2.59. The lowest BCUT2D eigenvalue weighted by atomic mass is 10.1. The van der Waals surface area contributed by atoms with Crippen molar-refractivity contribution in [2.75, 3.05) is 38.6 Å². The summed E-state index contributed by atoms with van der Waals surface area (Å²) in [6, 6.07) is 7.66. The van der Waals surface area contributed by atoms with Crippen LogP contribution in [0.3, 0.4) is 0 Å². The largest absolute Gasteiger partial charge is 0.361 e. The van der Waals surface area contributed by atoms with Gasteiger partial charge in [-0.15, -0.1) is 0 Å². The average molecular weight is 326 g/mol. The van der Waals surface area contributed by atoms with Crippen molar-refractivity contribution >= 4 is 21.6 Å². The fourth-order valence-electron chi connectivity index (χ4n) is 2.84. The molecule has 2 unspecified atom stereocenters. The Labute approximate surface area is 125 Å². The molecule has 1 heterocycles. The standard InChI is InChI=1S/C15H24BrN3/c1-11-5-6-15(14(16)7-11)19-12(2)8-17-9-13(19)10-18(3)4/h5-7,12-13,17H,8-10H2,1-4H3. The Hall–Kier alpha value is -0.580. The van der Waals surface area contributed by atoms with E-state index in [9.17, 15) is 0 Å². The zero-order valence-electron chi connectivity index (χ0n) is 12.3. The van der Waals surface area contributed by atoms with Crippen molar-refractivity contribution < 1.29 is 0 Å². The second kappa shape index (κ2) is 6.25. The first-order chi connectivity index (χ1) is 8.99. The van der Waals surface area contributed by atoms with Gasteiger partial charge in [-0.2, -0.15) is 0 Å². The van der Waals surface area contributed by atoms with Crippen LogP contribution < -0.4 is 10.2 Å². The second-order valence-electron chi connectivity index (χ2n) is 5.79. The first kappa shape index (κ1) is 14.8. The molecule has 0 amide bonds. The summed E-state index contributed by atoms with van der Waals surface area (Å²) in [7, 11) is 4.28. The molecule has 0 spiro atoms. The number of aryl methyl sites for hydroxylation is 1. The molecule has 0 radical (unpaired) electrons. The lowest BCUT2D eigenvalue weighted by Gasteiger charge is -2.44. The van der Waals surface area contributed by atoms with Gasteiger partial charge in [0.15, 0.2) is 0 Å². The third kappa shape index (κ3) is 3.50. The van der Waals surface area contributed by atoms with Crippen molar-refractivity contribution in [1.82, 2.24) is 10.2 Å². The van der Waals surface area contributed by atoms with Crippen molar-refractivity contribution in [3.8, 4) is 0 Å². The number of nitrogens with one attached hydrogen (secondary N) is 1. The summed E-state index contributed by atoms with van der Waals surface area (Å²) in [5.74, 6) is 0. The molecule has 2 atom stereocenters. The molecule has 1 aromatic rings. The molecule has 1 N–H and O–H groups in total. The van der Waals surface area contributed by atoms with Crippen molar-refractivity contribution in [1.29, 1.82) is 0 Å². The molecular formula is C15H24BrN3. The Morgan fingerprint density at radius 3 is 2.74 bits per heavy atom. The maximum atomic E-state index is 3.73. The summed E-state index contributed by atoms with van der Waals surface area (Å²) in [5.41, 5.74) is 2.61. The van der Waals surface area contributed by atoms with Gasteiger partial charge in [0.1, 0.15) is 0 Å². The van der Waals surface area contributed by atoms with Crippen LogP contribution in [0.2, 0.25) is 0 Å². The lowest BCUT2D eigenvalue weighted by molar-refractivity contribution is 0.316. The zero-order chi connectivity index (χ0) is 14.0. The normalized spacial score (nSPS) is 24.0. The molecule has 1 saturated heterocycles. The summed E-state index contributed by atoms with van der Waals surface area (Å²) >= 11 is 3.73. The van der Waals surface area contributed by atoms with Crippen LogP contribution in [0.5, 0.6) is 0 Å². The van der Waals surface area contributed by atoms with E-state index in [4.69, 9.17) is 0 Å². The third-order valence-electron chi connectivity index (χ3n) is 3.65. The van der Waals surface area contributed by atoms with Crippen molar-refractivity contribution in [3.05, 3.63) is 28.2 Å². The fraction of sp³-hybridized carbons (Fsp3) is 0.600. The summed E-state index contributed by atoms with van der Waals surface area (Å²) in [5, 5.41) is 3.54. The first-order valence-electron chi connectivity index (χ1n) is 6.89. The Bertz CT molecular complexity index is 433. The van der Waals surface area contributed by atoms with Crippen LogP contribution in [-0.4, -0.2) is 50.7 Å². The van der Waals surface area contributed by atoms with E-state index in [-0.39, 0.29) is 0 Å². The highest BCUT2D eigenvalue weighted by atomic mass is 79.9. The molecule has 0 bridgehead atoms. The molecule has 106 valence electrons. The predicted molar refractivity (Wildman–Crippen MR) is 86.0 cm³/mol. The number of hydrogen-bond donors (Lipinski definition) is 1. The quantitative estimate of drug-likeness (QED) is 0.921. The zero-order valence-corrected chi connectivity index (χ0v) is 13.9. The van der Waals surface area contributed by atoms with Crippen LogP contribution >= 0.6 is 15.9 Å². The number of nitrogens with zero attached hydrogens (tertiary/aromatic N) is 2. The van der Waals surface area contributed by atoms with E-state index >= 15 is 0 Å². The van der Waals surface area contributed by atoms with Gasteiger partial charge in [-0.25, -0.2) is 0 Å². The average Bonchev–Trinajstić information content (AvgIpc) is 2.30. The predicted octanol–water partition coefficient (Wildman–Crippen LogP) is 2.49. The Balaban J connectivity index is 2.30. The molecule has 2 rings (SSSR count). The van der Waals surface area contributed by atoms with Crippen LogP contribution in [0.4, 0.5) is 5.69 Å². The van der Waals surface area contributed by atoms with Gasteiger partial charge in [-0.05, 0) is 61.6 Å². The van der Waals surface area contributed by atoms with Crippen LogP contribution in [0.25, 0.3) is 0 Å². The second-order valence-corrected chi connectivity index (χ2v) is 6.64. The van der Waals surface area contributed by atoms with E-state index in [2.05, 4.69) is 77.2 Å². The monoisotopic (exact) mass is 325 g/mol. The van der Waals surface area contributed by atoms with E-state index in [1.807, 2.05) is 0 Å². The number of hydrogen-bond acceptors (Lipinski definition) is 3. The van der Waals surface area contributed by atoms with E-state index in [1.165, 1.54) is 15.7 Å². The molecule has 0 aliphatic carbocycles. The Kier molecular flexibility index (Phi) is 4.87. The van der Waals surface area contributed by atoms with Gasteiger partial charge in [0, 0.05) is 30.1 Å². The maximum absolute atomic E-state index is 3.73. The van der Waals surface area contributed by atoms with Crippen molar-refractivity contribution in [2.45, 2.75) is 25.9 Å². The smallest absolute Gasteiger partial charge is 0.0545 e. The molecule has 4 heteroatoms. The highest BCUT2D eigenvalue weighted by Crippen LogP contribution is 2.31. The van der Waals surface area contributed by atoms with Crippen molar-refractivity contribution in [2.24, 2.45) is 0 Å². The molecule has 1 aliphatic heterocycles. The fourth-order valence-corrected chi connectivity index (χ4v) is 3.54. The minimum absolute atomic E-state index is 0.512. The first-order valence-corrected chi connectivity index (χ1v) is 7.68. The summed E-state index contributed by atoms with van der Waals surface area (Å²) in [4.78, 5) is 4.82. The van der Waals surface area contributed by atoms with Crippen LogP contribution in [0.15, 0.2) is 22.7 Å². The van der Waals surface area contributed by atoms with Gasteiger partial charge in [-0.1, -0.05) is 6.07 Å². The van der Waals surface area contributed by atoms with E-state index in [0.29, 0.717) is 12.1 Å². The van der Waals surface area contributed by atoms with Crippen LogP contribution in [0.1, 0.15) is 12.5 Å². The number of anilines is 1. The molecule has 3 nitrogen and oxygen atoms in total. The molecule has 1 aromatic carbocycles. The van der Waals surface area contributed by atoms with Crippen molar-refractivity contribution in [3.63, 3.8) is 0 Å². The summed E-state index contributed by atoms with van der Waals surface area (Å²) in [6.07, 6.45) is 0. The molecule has 19 heavy (non-hydrogen) atoms. The van der Waals surface area contributed by atoms with Gasteiger partial charge >= 0.3 is 0 Å². The van der Waals surface area contributed by atoms with Gasteiger partial charge in [0.25, 0.3) is 0 Å². The summed E-state index contributed by atoms with van der Waals surface area (Å²) in [6.45, 7) is 7.58. The third-order valence-corrected chi connectivity index (χ3v) is 4.28. The van der Waals surface area contributed by atoms with Gasteiger partial charge in [0.05, 0.1) is 11.7 Å². The maximum Gasteiger partial charge on any atom is 0.0545 e. The minimum atomic E-state index is 0.512. The minimum Gasteiger partial charge on any atom is -0.361 e. The highest BCUT2D eigenvalue weighted by molar-refractivity contribution is 9.10. The van der Waals surface area contributed by atoms with E-state index < -0.39 is 0 Å². The number of piperazine rings is 1. The van der Waals surface area contributed by atoms with E-state index in [0.717, 1.165) is 19.6 Å². The Morgan fingerprint density at radius 2 is 2.11 bits per heavy atom. The summed E-state index contributed by atoms with van der Waals surface area (Å²) < 4.78 is 1.20. The van der Waals surface area contributed by atoms with Gasteiger partial charge < -0.3 is 15.1 Å². The number of benzene rings is 1. The number of rotatable bonds is 3. The molecule has 1 aliphatic rings. The Morgan fingerprint density at radius 1 is 1.37 bits per heavy atom. The highest BCUT2D eigenvalue weighted by Gasteiger charge is 2.29. The molecule has 0 aromatic heterocycles. The topological polar surface area (TPSA) is 18.5 Å². The van der Waals surface area contributed by atoms with Crippen LogP contribution in [0, 0.1) is 6.92 Å². The van der Waals surface area contributed by atoms with Gasteiger partial charge in [0.2, 0.25) is 0 Å². The van der Waals surface area contributed by atoms with Crippen LogP contribution in [-0.2, 0) is 0 Å².